The highest BCUT2D eigenvalue weighted by Gasteiger charge is 2.21. The number of nitrogens with zero attached hydrogens (tertiary/aromatic N) is 2. The summed E-state index contributed by atoms with van der Waals surface area (Å²) in [6.07, 6.45) is 1.44. The summed E-state index contributed by atoms with van der Waals surface area (Å²) in [6.45, 7) is 4.23. The lowest BCUT2D eigenvalue weighted by atomic mass is 10.2. The maximum atomic E-state index is 12.8. The Morgan fingerprint density at radius 2 is 2.16 bits per heavy atom. The Kier molecular flexibility index (Phi) is 5.06. The molecule has 8 heteroatoms. The minimum absolute atomic E-state index is 0.261. The third-order valence-corrected chi connectivity index (χ3v) is 5.02. The van der Waals surface area contributed by atoms with E-state index >= 15 is 0 Å². The number of ether oxygens (including phenoxy) is 2. The molecule has 3 rings (SSSR count). The van der Waals surface area contributed by atoms with Crippen LogP contribution in [0.5, 0.6) is 11.6 Å². The van der Waals surface area contributed by atoms with Gasteiger partial charge in [-0.2, -0.15) is 0 Å². The van der Waals surface area contributed by atoms with Gasteiger partial charge in [0.05, 0.1) is 29.7 Å². The summed E-state index contributed by atoms with van der Waals surface area (Å²) in [5.74, 6) is 0.760. The Morgan fingerprint density at radius 3 is 2.88 bits per heavy atom. The van der Waals surface area contributed by atoms with E-state index in [4.69, 9.17) is 21.1 Å². The molecule has 0 unspecified atom stereocenters. The molecular weight excluding hydrogens is 362 g/mol. The summed E-state index contributed by atoms with van der Waals surface area (Å²) < 4.78 is 10.8. The van der Waals surface area contributed by atoms with Crippen molar-refractivity contribution in [2.75, 3.05) is 19.0 Å². The number of aryl methyl sites for hydroxylation is 1. The first-order valence-corrected chi connectivity index (χ1v) is 8.76. The van der Waals surface area contributed by atoms with E-state index in [-0.39, 0.29) is 5.91 Å². The lowest BCUT2D eigenvalue weighted by Crippen LogP contribution is -2.12. The number of nitrogens with one attached hydrogen (secondary N) is 1. The summed E-state index contributed by atoms with van der Waals surface area (Å²) in [6, 6.07) is 5.05. The molecular formula is C17H16ClN3O3S. The molecule has 0 fully saturated rings. The summed E-state index contributed by atoms with van der Waals surface area (Å²) in [5.41, 5.74) is 1.29. The number of thiophene rings is 1. The van der Waals surface area contributed by atoms with E-state index in [9.17, 15) is 4.79 Å². The number of benzene rings is 1. The highest BCUT2D eigenvalue weighted by Crippen LogP contribution is 2.35. The fourth-order valence-electron chi connectivity index (χ4n) is 2.46. The molecule has 0 radical (unpaired) electrons. The average molecular weight is 378 g/mol. The van der Waals surface area contributed by atoms with Gasteiger partial charge in [-0.25, -0.2) is 9.97 Å². The van der Waals surface area contributed by atoms with Crippen LogP contribution >= 0.6 is 22.9 Å². The van der Waals surface area contributed by atoms with Crippen molar-refractivity contribution < 1.29 is 14.3 Å². The van der Waals surface area contributed by atoms with Crippen molar-refractivity contribution >= 4 is 44.7 Å². The second kappa shape index (κ2) is 7.25. The Balaban J connectivity index is 1.99. The minimum Gasteiger partial charge on any atom is -0.495 e. The zero-order chi connectivity index (χ0) is 18.0. The predicted octanol–water partition coefficient (Wildman–Crippen LogP) is 4.31. The number of methoxy groups -OCH3 is 1. The zero-order valence-electron chi connectivity index (χ0n) is 13.9. The molecule has 2 aromatic heterocycles. The van der Waals surface area contributed by atoms with Crippen LogP contribution in [0.25, 0.3) is 10.2 Å². The van der Waals surface area contributed by atoms with Crippen molar-refractivity contribution in [3.05, 3.63) is 40.0 Å². The molecule has 0 saturated carbocycles. The summed E-state index contributed by atoms with van der Waals surface area (Å²) in [5, 5.41) is 4.11. The summed E-state index contributed by atoms with van der Waals surface area (Å²) >= 11 is 7.31. The van der Waals surface area contributed by atoms with Crippen LogP contribution in [0.15, 0.2) is 24.5 Å². The van der Waals surface area contributed by atoms with Gasteiger partial charge < -0.3 is 14.8 Å². The fourth-order valence-corrected chi connectivity index (χ4v) is 3.67. The van der Waals surface area contributed by atoms with Gasteiger partial charge in [0.15, 0.2) is 0 Å². The van der Waals surface area contributed by atoms with E-state index in [2.05, 4.69) is 15.3 Å². The first kappa shape index (κ1) is 17.4. The number of amides is 1. The number of halogens is 1. The first-order valence-electron chi connectivity index (χ1n) is 7.57. The van der Waals surface area contributed by atoms with Gasteiger partial charge in [0.2, 0.25) is 5.88 Å². The molecule has 1 N–H and O–H groups in total. The van der Waals surface area contributed by atoms with E-state index in [0.29, 0.717) is 38.7 Å². The standard InChI is InChI=1S/C17H16ClN3O3S/c1-4-24-16-13-9(2)14(25-17(13)20-8-19-16)15(22)21-11-7-10(18)5-6-12(11)23-3/h5-8H,4H2,1-3H3,(H,21,22). The van der Waals surface area contributed by atoms with Crippen LogP contribution in [0.3, 0.4) is 0 Å². The fraction of sp³-hybridized carbons (Fsp3) is 0.235. The molecule has 0 atom stereocenters. The van der Waals surface area contributed by atoms with Gasteiger partial charge in [0, 0.05) is 5.02 Å². The number of fused-ring (bicyclic) bond motifs is 1. The Bertz CT molecular complexity index is 942. The van der Waals surface area contributed by atoms with Crippen molar-refractivity contribution in [2.45, 2.75) is 13.8 Å². The van der Waals surface area contributed by atoms with Gasteiger partial charge in [-0.15, -0.1) is 11.3 Å². The lowest BCUT2D eigenvalue weighted by Gasteiger charge is -2.10. The third-order valence-electron chi connectivity index (χ3n) is 3.59. The van der Waals surface area contributed by atoms with Gasteiger partial charge in [0.1, 0.15) is 16.9 Å². The largest absolute Gasteiger partial charge is 0.495 e. The Labute approximate surface area is 153 Å². The maximum absolute atomic E-state index is 12.8. The Hall–Kier alpha value is -2.38. The van der Waals surface area contributed by atoms with E-state index in [1.807, 2.05) is 13.8 Å². The van der Waals surface area contributed by atoms with Gasteiger partial charge in [0.25, 0.3) is 5.91 Å². The molecule has 0 saturated heterocycles. The van der Waals surface area contributed by atoms with Crippen molar-refractivity contribution in [1.82, 2.24) is 9.97 Å². The molecule has 0 aliphatic carbocycles. The molecule has 0 aliphatic heterocycles. The van der Waals surface area contributed by atoms with Crippen molar-refractivity contribution in [3.63, 3.8) is 0 Å². The maximum Gasteiger partial charge on any atom is 0.266 e. The molecule has 0 spiro atoms. The van der Waals surface area contributed by atoms with E-state index < -0.39 is 0 Å². The van der Waals surface area contributed by atoms with Crippen LogP contribution in [0.4, 0.5) is 5.69 Å². The van der Waals surface area contributed by atoms with E-state index in [0.717, 1.165) is 10.9 Å². The number of aromatic nitrogens is 2. The normalized spacial score (nSPS) is 10.7. The van der Waals surface area contributed by atoms with E-state index in [1.165, 1.54) is 24.8 Å². The molecule has 6 nitrogen and oxygen atoms in total. The quantitative estimate of drug-likeness (QED) is 0.717. The van der Waals surface area contributed by atoms with Crippen LogP contribution in [0, 0.1) is 6.92 Å². The van der Waals surface area contributed by atoms with Crippen LogP contribution in [0.1, 0.15) is 22.2 Å². The van der Waals surface area contributed by atoms with E-state index in [1.54, 1.807) is 18.2 Å². The monoisotopic (exact) mass is 377 g/mol. The minimum atomic E-state index is -0.261. The highest BCUT2D eigenvalue weighted by atomic mass is 35.5. The molecule has 25 heavy (non-hydrogen) atoms. The summed E-state index contributed by atoms with van der Waals surface area (Å²) in [4.78, 5) is 22.4. The van der Waals surface area contributed by atoms with Gasteiger partial charge >= 0.3 is 0 Å². The van der Waals surface area contributed by atoms with Crippen molar-refractivity contribution in [3.8, 4) is 11.6 Å². The number of carbonyl (C=O) groups excluding carboxylic acids is 1. The molecule has 2 heterocycles. The van der Waals surface area contributed by atoms with Crippen LogP contribution in [0.2, 0.25) is 5.02 Å². The number of hydrogen-bond acceptors (Lipinski definition) is 6. The molecule has 1 aromatic carbocycles. The molecule has 130 valence electrons. The number of rotatable bonds is 5. The summed E-state index contributed by atoms with van der Waals surface area (Å²) in [7, 11) is 1.54. The number of anilines is 1. The topological polar surface area (TPSA) is 73.3 Å². The number of carbonyl (C=O) groups is 1. The Morgan fingerprint density at radius 1 is 1.36 bits per heavy atom. The van der Waals surface area contributed by atoms with Gasteiger partial charge in [-0.1, -0.05) is 11.6 Å². The second-order valence-electron chi connectivity index (χ2n) is 5.15. The zero-order valence-corrected chi connectivity index (χ0v) is 15.5. The smallest absolute Gasteiger partial charge is 0.266 e. The average Bonchev–Trinajstić information content (AvgIpc) is 2.93. The van der Waals surface area contributed by atoms with Gasteiger partial charge in [-0.05, 0) is 37.6 Å². The molecule has 0 aliphatic rings. The SMILES string of the molecule is CCOc1ncnc2sc(C(=O)Nc3cc(Cl)ccc3OC)c(C)c12. The predicted molar refractivity (Wildman–Crippen MR) is 99.3 cm³/mol. The van der Waals surface area contributed by atoms with Crippen molar-refractivity contribution in [2.24, 2.45) is 0 Å². The highest BCUT2D eigenvalue weighted by molar-refractivity contribution is 7.20. The van der Waals surface area contributed by atoms with Crippen molar-refractivity contribution in [1.29, 1.82) is 0 Å². The van der Waals surface area contributed by atoms with Crippen LogP contribution in [-0.2, 0) is 0 Å². The molecule has 0 bridgehead atoms. The lowest BCUT2D eigenvalue weighted by molar-refractivity contribution is 0.102. The van der Waals surface area contributed by atoms with Gasteiger partial charge in [-0.3, -0.25) is 4.79 Å². The first-order chi connectivity index (χ1) is 12.0. The van der Waals surface area contributed by atoms with Crippen LogP contribution < -0.4 is 14.8 Å². The third kappa shape index (κ3) is 3.38. The molecule has 1 amide bonds. The molecule has 3 aromatic rings. The second-order valence-corrected chi connectivity index (χ2v) is 6.58. The van der Waals surface area contributed by atoms with Crippen LogP contribution in [-0.4, -0.2) is 29.6 Å². The number of hydrogen-bond donors (Lipinski definition) is 1.